The average Bonchev–Trinajstić information content (AvgIpc) is 2.48. The standard InChI is InChI=1S/C16H30N2O2/c1-12(2)13-5-3-4-6-14(13)18-15(19)16(11-17)7-9-20-10-8-16/h12-14H,3-11,17H2,1-2H3,(H,18,19). The molecule has 1 heterocycles. The Morgan fingerprint density at radius 2 is 1.95 bits per heavy atom. The molecule has 0 aromatic carbocycles. The highest BCUT2D eigenvalue weighted by Crippen LogP contribution is 2.33. The van der Waals surface area contributed by atoms with Gasteiger partial charge < -0.3 is 15.8 Å². The highest BCUT2D eigenvalue weighted by Gasteiger charge is 2.40. The van der Waals surface area contributed by atoms with Gasteiger partial charge in [0.05, 0.1) is 5.41 Å². The van der Waals surface area contributed by atoms with Crippen LogP contribution < -0.4 is 11.1 Å². The lowest BCUT2D eigenvalue weighted by Crippen LogP contribution is -2.54. The van der Waals surface area contributed by atoms with E-state index in [2.05, 4.69) is 19.2 Å². The fraction of sp³-hybridized carbons (Fsp3) is 0.938. The van der Waals surface area contributed by atoms with Gasteiger partial charge in [0.15, 0.2) is 0 Å². The molecule has 2 atom stereocenters. The number of nitrogens with two attached hydrogens (primary N) is 1. The Morgan fingerprint density at radius 3 is 2.55 bits per heavy atom. The summed E-state index contributed by atoms with van der Waals surface area (Å²) in [4.78, 5) is 12.7. The van der Waals surface area contributed by atoms with E-state index in [9.17, 15) is 4.79 Å². The maximum atomic E-state index is 12.7. The quantitative estimate of drug-likeness (QED) is 0.829. The summed E-state index contributed by atoms with van der Waals surface area (Å²) in [5.41, 5.74) is 5.53. The molecule has 0 radical (unpaired) electrons. The second kappa shape index (κ2) is 6.90. The first-order chi connectivity index (χ1) is 9.59. The molecule has 1 saturated heterocycles. The van der Waals surface area contributed by atoms with E-state index in [0.717, 1.165) is 19.3 Å². The zero-order chi connectivity index (χ0) is 14.6. The molecule has 4 nitrogen and oxygen atoms in total. The van der Waals surface area contributed by atoms with E-state index in [0.29, 0.717) is 37.6 Å². The van der Waals surface area contributed by atoms with Gasteiger partial charge in [-0.25, -0.2) is 0 Å². The molecule has 3 N–H and O–H groups in total. The SMILES string of the molecule is CC(C)C1CCCCC1NC(=O)C1(CN)CCOCC1. The second-order valence-corrected chi connectivity index (χ2v) is 6.87. The lowest BCUT2D eigenvalue weighted by Gasteiger charge is -2.40. The zero-order valence-electron chi connectivity index (χ0n) is 13.0. The summed E-state index contributed by atoms with van der Waals surface area (Å²) < 4.78 is 5.39. The van der Waals surface area contributed by atoms with Crippen LogP contribution in [-0.2, 0) is 9.53 Å². The van der Waals surface area contributed by atoms with Crippen LogP contribution in [0, 0.1) is 17.3 Å². The predicted molar refractivity (Wildman–Crippen MR) is 80.3 cm³/mol. The van der Waals surface area contributed by atoms with Gasteiger partial charge in [-0.15, -0.1) is 0 Å². The van der Waals surface area contributed by atoms with Crippen molar-refractivity contribution < 1.29 is 9.53 Å². The van der Waals surface area contributed by atoms with Crippen molar-refractivity contribution >= 4 is 5.91 Å². The Labute approximate surface area is 122 Å². The minimum atomic E-state index is -0.392. The molecular weight excluding hydrogens is 252 g/mol. The molecule has 4 heteroatoms. The third-order valence-corrected chi connectivity index (χ3v) is 5.31. The van der Waals surface area contributed by atoms with Crippen molar-refractivity contribution in [1.82, 2.24) is 5.32 Å². The molecule has 2 rings (SSSR count). The Hall–Kier alpha value is -0.610. The molecule has 0 aromatic heterocycles. The summed E-state index contributed by atoms with van der Waals surface area (Å²) in [6.07, 6.45) is 6.40. The largest absolute Gasteiger partial charge is 0.381 e. The molecular formula is C16H30N2O2. The van der Waals surface area contributed by atoms with Crippen LogP contribution in [0.3, 0.4) is 0 Å². The highest BCUT2D eigenvalue weighted by atomic mass is 16.5. The zero-order valence-corrected chi connectivity index (χ0v) is 13.0. The molecule has 1 aliphatic carbocycles. The van der Waals surface area contributed by atoms with Gasteiger partial charge in [-0.2, -0.15) is 0 Å². The van der Waals surface area contributed by atoms with Crippen molar-refractivity contribution in [3.05, 3.63) is 0 Å². The number of ether oxygens (including phenoxy) is 1. The summed E-state index contributed by atoms with van der Waals surface area (Å²) in [5, 5.41) is 3.34. The van der Waals surface area contributed by atoms with Crippen LogP contribution in [0.15, 0.2) is 0 Å². The fourth-order valence-electron chi connectivity index (χ4n) is 3.74. The van der Waals surface area contributed by atoms with Gasteiger partial charge in [-0.3, -0.25) is 4.79 Å². The molecule has 0 aromatic rings. The van der Waals surface area contributed by atoms with Crippen molar-refractivity contribution in [3.63, 3.8) is 0 Å². The van der Waals surface area contributed by atoms with Crippen molar-refractivity contribution in [2.45, 2.75) is 58.4 Å². The van der Waals surface area contributed by atoms with Gasteiger partial charge in [0.2, 0.25) is 5.91 Å². The van der Waals surface area contributed by atoms with Gasteiger partial charge in [0.25, 0.3) is 0 Å². The van der Waals surface area contributed by atoms with E-state index in [1.54, 1.807) is 0 Å². The summed E-state index contributed by atoms with van der Waals surface area (Å²) >= 11 is 0. The second-order valence-electron chi connectivity index (χ2n) is 6.87. The Kier molecular flexibility index (Phi) is 5.44. The van der Waals surface area contributed by atoms with Crippen molar-refractivity contribution in [3.8, 4) is 0 Å². The minimum Gasteiger partial charge on any atom is -0.381 e. The predicted octanol–water partition coefficient (Wildman–Crippen LogP) is 2.07. The van der Waals surface area contributed by atoms with Crippen molar-refractivity contribution in [2.75, 3.05) is 19.8 Å². The lowest BCUT2D eigenvalue weighted by molar-refractivity contribution is -0.137. The normalized spacial score (nSPS) is 30.2. The average molecular weight is 282 g/mol. The molecule has 0 bridgehead atoms. The Morgan fingerprint density at radius 1 is 1.30 bits per heavy atom. The minimum absolute atomic E-state index is 0.167. The molecule has 1 amide bonds. The number of rotatable bonds is 4. The number of nitrogens with one attached hydrogen (secondary N) is 1. The van der Waals surface area contributed by atoms with Crippen LogP contribution in [-0.4, -0.2) is 31.7 Å². The lowest BCUT2D eigenvalue weighted by atomic mass is 9.75. The summed E-state index contributed by atoms with van der Waals surface area (Å²) in [7, 11) is 0. The van der Waals surface area contributed by atoms with E-state index < -0.39 is 5.41 Å². The number of carbonyl (C=O) groups excluding carboxylic acids is 1. The summed E-state index contributed by atoms with van der Waals surface area (Å²) in [6, 6.07) is 0.336. The molecule has 116 valence electrons. The third-order valence-electron chi connectivity index (χ3n) is 5.31. The van der Waals surface area contributed by atoms with E-state index in [1.165, 1.54) is 19.3 Å². The molecule has 2 aliphatic rings. The van der Waals surface area contributed by atoms with E-state index in [1.807, 2.05) is 0 Å². The first kappa shape index (κ1) is 15.8. The molecule has 20 heavy (non-hydrogen) atoms. The molecule has 1 saturated carbocycles. The van der Waals surface area contributed by atoms with E-state index >= 15 is 0 Å². The van der Waals surface area contributed by atoms with Gasteiger partial charge in [-0.05, 0) is 37.5 Å². The van der Waals surface area contributed by atoms with E-state index in [-0.39, 0.29) is 5.91 Å². The van der Waals surface area contributed by atoms with Crippen LogP contribution in [0.1, 0.15) is 52.4 Å². The fourth-order valence-corrected chi connectivity index (χ4v) is 3.74. The van der Waals surface area contributed by atoms with Crippen LogP contribution in [0.5, 0.6) is 0 Å². The van der Waals surface area contributed by atoms with Gasteiger partial charge in [0.1, 0.15) is 0 Å². The van der Waals surface area contributed by atoms with Gasteiger partial charge in [0, 0.05) is 25.8 Å². The van der Waals surface area contributed by atoms with Gasteiger partial charge in [-0.1, -0.05) is 26.7 Å². The maximum Gasteiger partial charge on any atom is 0.227 e. The summed E-state index contributed by atoms with van der Waals surface area (Å²) in [6.45, 7) is 6.28. The first-order valence-corrected chi connectivity index (χ1v) is 8.18. The van der Waals surface area contributed by atoms with Crippen molar-refractivity contribution in [1.29, 1.82) is 0 Å². The van der Waals surface area contributed by atoms with Crippen LogP contribution in [0.2, 0.25) is 0 Å². The number of hydrogen-bond acceptors (Lipinski definition) is 3. The molecule has 2 unspecified atom stereocenters. The van der Waals surface area contributed by atoms with Crippen LogP contribution in [0.4, 0.5) is 0 Å². The van der Waals surface area contributed by atoms with Crippen LogP contribution in [0.25, 0.3) is 0 Å². The number of hydrogen-bond donors (Lipinski definition) is 2. The van der Waals surface area contributed by atoms with Crippen LogP contribution >= 0.6 is 0 Å². The topological polar surface area (TPSA) is 64.4 Å². The van der Waals surface area contributed by atoms with E-state index in [4.69, 9.17) is 10.5 Å². The Balaban J connectivity index is 2.01. The highest BCUT2D eigenvalue weighted by molar-refractivity contribution is 5.83. The smallest absolute Gasteiger partial charge is 0.227 e. The maximum absolute atomic E-state index is 12.7. The first-order valence-electron chi connectivity index (χ1n) is 8.18. The summed E-state index contributed by atoms with van der Waals surface area (Å²) in [5.74, 6) is 1.41. The van der Waals surface area contributed by atoms with Gasteiger partial charge >= 0.3 is 0 Å². The molecule has 0 spiro atoms. The third kappa shape index (κ3) is 3.34. The molecule has 1 aliphatic heterocycles. The number of amides is 1. The Bertz CT molecular complexity index is 324. The molecule has 2 fully saturated rings. The van der Waals surface area contributed by atoms with Crippen molar-refractivity contribution in [2.24, 2.45) is 23.0 Å². The monoisotopic (exact) mass is 282 g/mol. The number of carbonyl (C=O) groups is 1.